The lowest BCUT2D eigenvalue weighted by Crippen LogP contribution is -2.09. The Morgan fingerprint density at radius 2 is 1.91 bits per heavy atom. The van der Waals surface area contributed by atoms with Crippen molar-refractivity contribution in [3.8, 4) is 5.69 Å². The molecule has 0 aliphatic carbocycles. The number of rotatable bonds is 5. The van der Waals surface area contributed by atoms with Crippen LogP contribution in [0.5, 0.6) is 0 Å². The van der Waals surface area contributed by atoms with E-state index in [4.69, 9.17) is 0 Å². The first kappa shape index (κ1) is 25.6. The molecule has 0 fully saturated rings. The fraction of sp³-hybridized carbons (Fsp3) is 0.190. The summed E-state index contributed by atoms with van der Waals surface area (Å²) < 4.78 is 30.8. The summed E-state index contributed by atoms with van der Waals surface area (Å²) in [6.07, 6.45) is 3.53. The van der Waals surface area contributed by atoms with Gasteiger partial charge in [-0.25, -0.2) is 9.07 Å². The average Bonchev–Trinajstić information content (AvgIpc) is 3.30. The Labute approximate surface area is 209 Å². The predicted molar refractivity (Wildman–Crippen MR) is 126 cm³/mol. The van der Waals surface area contributed by atoms with Crippen LogP contribution < -0.4 is 0 Å². The smallest absolute Gasteiger partial charge is 0.392 e. The fourth-order valence-electron chi connectivity index (χ4n) is 3.12. The van der Waals surface area contributed by atoms with Gasteiger partial charge < -0.3 is 15.2 Å². The molecule has 3 heterocycles. The molecule has 0 spiro atoms. The van der Waals surface area contributed by atoms with E-state index in [1.807, 2.05) is 20.0 Å². The third kappa shape index (κ3) is 5.90. The molecular formula is C21H18Br2F2N6O3. The number of aliphatic hydroxyl groups excluding tert-OH is 1. The highest BCUT2D eigenvalue weighted by Crippen LogP contribution is 2.24. The molecule has 0 amide bonds. The first-order valence-electron chi connectivity index (χ1n) is 9.67. The normalized spacial score (nSPS) is 10.7. The van der Waals surface area contributed by atoms with E-state index in [-0.39, 0.29) is 12.4 Å². The SMILES string of the molecule is Cc1cc(Cc2c(Br)cnn2C)n(-c2ccc(F)cc2CO)n1.O=[N+]([O-])c1ncc(Br)cc1F. The third-order valence-electron chi connectivity index (χ3n) is 4.67. The molecule has 0 aliphatic rings. The van der Waals surface area contributed by atoms with Crippen LogP contribution in [-0.2, 0) is 20.1 Å². The Balaban J connectivity index is 0.000000248. The summed E-state index contributed by atoms with van der Waals surface area (Å²) in [4.78, 5) is 12.4. The van der Waals surface area contributed by atoms with Crippen LogP contribution in [0.15, 0.2) is 51.7 Å². The van der Waals surface area contributed by atoms with E-state index in [9.17, 15) is 24.0 Å². The zero-order chi connectivity index (χ0) is 25.0. The molecule has 0 saturated heterocycles. The molecule has 4 rings (SSSR count). The fourth-order valence-corrected chi connectivity index (χ4v) is 3.91. The summed E-state index contributed by atoms with van der Waals surface area (Å²) in [6, 6.07) is 7.30. The van der Waals surface area contributed by atoms with E-state index in [0.29, 0.717) is 22.1 Å². The van der Waals surface area contributed by atoms with Crippen molar-refractivity contribution in [1.29, 1.82) is 0 Å². The molecule has 9 nitrogen and oxygen atoms in total. The van der Waals surface area contributed by atoms with Gasteiger partial charge in [0.05, 0.1) is 44.5 Å². The number of pyridine rings is 1. The van der Waals surface area contributed by atoms with Gasteiger partial charge in [0, 0.05) is 25.1 Å². The van der Waals surface area contributed by atoms with Gasteiger partial charge in [-0.1, -0.05) is 0 Å². The van der Waals surface area contributed by atoms with Gasteiger partial charge in [-0.2, -0.15) is 14.6 Å². The maximum atomic E-state index is 13.4. The predicted octanol–water partition coefficient (Wildman–Crippen LogP) is 4.79. The molecule has 13 heteroatoms. The molecule has 3 aromatic heterocycles. The molecule has 0 bridgehead atoms. The highest BCUT2D eigenvalue weighted by atomic mass is 79.9. The van der Waals surface area contributed by atoms with Crippen LogP contribution in [0, 0.1) is 28.7 Å². The van der Waals surface area contributed by atoms with Gasteiger partial charge in [-0.15, -0.1) is 0 Å². The summed E-state index contributed by atoms with van der Waals surface area (Å²) in [7, 11) is 1.88. The Morgan fingerprint density at radius 1 is 1.18 bits per heavy atom. The minimum Gasteiger partial charge on any atom is -0.392 e. The number of nitro groups is 1. The zero-order valence-electron chi connectivity index (χ0n) is 17.9. The molecule has 4 aromatic rings. The van der Waals surface area contributed by atoms with Crippen LogP contribution in [0.2, 0.25) is 0 Å². The first-order valence-corrected chi connectivity index (χ1v) is 11.3. The summed E-state index contributed by atoms with van der Waals surface area (Å²) >= 11 is 6.42. The second kappa shape index (κ2) is 10.9. The summed E-state index contributed by atoms with van der Waals surface area (Å²) in [5.74, 6) is -2.07. The van der Waals surface area contributed by atoms with E-state index in [2.05, 4.69) is 47.0 Å². The van der Waals surface area contributed by atoms with Crippen molar-refractivity contribution in [2.75, 3.05) is 0 Å². The minimum absolute atomic E-state index is 0.249. The van der Waals surface area contributed by atoms with E-state index in [0.717, 1.165) is 27.6 Å². The summed E-state index contributed by atoms with van der Waals surface area (Å²) in [5, 5.41) is 28.3. The Hall–Kier alpha value is -3.03. The zero-order valence-corrected chi connectivity index (χ0v) is 21.1. The monoisotopic (exact) mass is 598 g/mol. The van der Waals surface area contributed by atoms with Crippen LogP contribution >= 0.6 is 31.9 Å². The molecule has 0 unspecified atom stereocenters. The molecule has 0 saturated carbocycles. The van der Waals surface area contributed by atoms with Crippen LogP contribution in [-0.4, -0.2) is 34.6 Å². The Morgan fingerprint density at radius 3 is 2.50 bits per heavy atom. The summed E-state index contributed by atoms with van der Waals surface area (Å²) in [5.41, 5.74) is 3.98. The van der Waals surface area contributed by atoms with Gasteiger partial charge in [0.2, 0.25) is 5.82 Å². The van der Waals surface area contributed by atoms with Gasteiger partial charge >= 0.3 is 5.82 Å². The van der Waals surface area contributed by atoms with Crippen molar-refractivity contribution in [1.82, 2.24) is 24.5 Å². The number of nitrogens with zero attached hydrogens (tertiary/aromatic N) is 6. The molecule has 0 aliphatic heterocycles. The van der Waals surface area contributed by atoms with Gasteiger partial charge in [0.15, 0.2) is 6.20 Å². The number of aliphatic hydroxyl groups is 1. The van der Waals surface area contributed by atoms with Crippen molar-refractivity contribution in [3.05, 3.63) is 96.1 Å². The molecule has 1 N–H and O–H groups in total. The first-order chi connectivity index (χ1) is 16.1. The van der Waals surface area contributed by atoms with E-state index < -0.39 is 16.6 Å². The molecule has 0 radical (unpaired) electrons. The van der Waals surface area contributed by atoms with Gasteiger partial charge in [-0.3, -0.25) is 4.68 Å². The third-order valence-corrected chi connectivity index (χ3v) is 5.76. The highest BCUT2D eigenvalue weighted by molar-refractivity contribution is 9.10. The van der Waals surface area contributed by atoms with Crippen molar-refractivity contribution in [2.45, 2.75) is 20.0 Å². The number of aromatic nitrogens is 5. The van der Waals surface area contributed by atoms with Crippen LogP contribution in [0.1, 0.15) is 22.6 Å². The number of hydrogen-bond acceptors (Lipinski definition) is 6. The Bertz CT molecular complexity index is 1320. The molecule has 34 heavy (non-hydrogen) atoms. The van der Waals surface area contributed by atoms with Crippen molar-refractivity contribution >= 4 is 37.7 Å². The minimum atomic E-state index is -0.940. The maximum Gasteiger partial charge on any atom is 0.399 e. The van der Waals surface area contributed by atoms with Gasteiger partial charge in [-0.05, 0) is 73.0 Å². The standard InChI is InChI=1S/C16H16BrFN4O.C5H2BrFN2O2/c1-10-5-13(7-16-14(17)8-19-21(16)2)22(20-10)15-4-3-12(18)6-11(15)9-23;6-3-1-4(7)5(8-2-3)9(10)11/h3-6,8,23H,7,9H2,1-2H3;1-2H. The quantitative estimate of drug-likeness (QED) is 0.261. The Kier molecular flexibility index (Phi) is 8.23. The average molecular weight is 600 g/mol. The van der Waals surface area contributed by atoms with Crippen molar-refractivity contribution in [2.24, 2.45) is 7.05 Å². The van der Waals surface area contributed by atoms with E-state index in [1.54, 1.807) is 21.6 Å². The van der Waals surface area contributed by atoms with Gasteiger partial charge in [0.1, 0.15) is 5.82 Å². The van der Waals surface area contributed by atoms with Crippen LogP contribution in [0.4, 0.5) is 14.6 Å². The second-order valence-corrected chi connectivity index (χ2v) is 8.85. The number of aryl methyl sites for hydroxylation is 2. The molecule has 1 aromatic carbocycles. The number of halogens is 4. The van der Waals surface area contributed by atoms with Crippen molar-refractivity contribution in [3.63, 3.8) is 0 Å². The van der Waals surface area contributed by atoms with E-state index >= 15 is 0 Å². The topological polar surface area (TPSA) is 112 Å². The van der Waals surface area contributed by atoms with Crippen LogP contribution in [0.25, 0.3) is 5.69 Å². The summed E-state index contributed by atoms with van der Waals surface area (Å²) in [6.45, 7) is 1.65. The molecule has 0 atom stereocenters. The van der Waals surface area contributed by atoms with E-state index in [1.165, 1.54) is 18.3 Å². The lowest BCUT2D eigenvalue weighted by molar-refractivity contribution is -0.392. The highest BCUT2D eigenvalue weighted by Gasteiger charge is 2.16. The maximum absolute atomic E-state index is 13.4. The molecular weight excluding hydrogens is 582 g/mol. The van der Waals surface area contributed by atoms with Crippen LogP contribution in [0.3, 0.4) is 0 Å². The van der Waals surface area contributed by atoms with Crippen molar-refractivity contribution < 1.29 is 18.8 Å². The second-order valence-electron chi connectivity index (χ2n) is 7.08. The number of benzene rings is 1. The molecule has 178 valence electrons. The lowest BCUT2D eigenvalue weighted by Gasteiger charge is -2.12. The van der Waals surface area contributed by atoms with Gasteiger partial charge in [0.25, 0.3) is 0 Å². The largest absolute Gasteiger partial charge is 0.399 e. The lowest BCUT2D eigenvalue weighted by atomic mass is 10.1. The number of hydrogen-bond donors (Lipinski definition) is 1.